The fraction of sp³-hybridized carbons (Fsp3) is 0.812. The maximum Gasteiger partial charge on any atom is 0.0594 e. The lowest BCUT2D eigenvalue weighted by Gasteiger charge is -2.29. The smallest absolute Gasteiger partial charge is 0.0594 e. The topological polar surface area (TPSA) is 33.5 Å². The van der Waals surface area contributed by atoms with E-state index in [2.05, 4.69) is 32.6 Å². The lowest BCUT2D eigenvalue weighted by Crippen LogP contribution is -2.40. The maximum absolute atomic E-state index is 5.43. The molecule has 0 N–H and O–H groups in total. The van der Waals surface area contributed by atoms with Gasteiger partial charge >= 0.3 is 0 Å². The van der Waals surface area contributed by atoms with E-state index in [0.29, 0.717) is 0 Å². The molecule has 0 unspecified atom stereocenters. The van der Waals surface area contributed by atoms with E-state index in [4.69, 9.17) is 4.74 Å². The summed E-state index contributed by atoms with van der Waals surface area (Å²) in [5.74, 6) is 0.846. The third kappa shape index (κ3) is 4.05. The summed E-state index contributed by atoms with van der Waals surface area (Å²) in [6.07, 6.45) is 4.40. The van der Waals surface area contributed by atoms with Crippen LogP contribution in [0.1, 0.15) is 19.0 Å². The number of hydrogen-bond acceptors (Lipinski definition) is 4. The maximum atomic E-state index is 5.43. The van der Waals surface area contributed by atoms with Crippen molar-refractivity contribution in [1.29, 1.82) is 0 Å². The van der Waals surface area contributed by atoms with Crippen LogP contribution in [0.2, 0.25) is 0 Å². The molecule has 0 aliphatic carbocycles. The Morgan fingerprint density at radius 3 is 2.90 bits per heavy atom. The first-order valence-electron chi connectivity index (χ1n) is 8.38. The van der Waals surface area contributed by atoms with Crippen LogP contribution in [0.15, 0.2) is 12.3 Å². The summed E-state index contributed by atoms with van der Waals surface area (Å²) in [4.78, 5) is 5.20. The molecule has 2 saturated heterocycles. The van der Waals surface area contributed by atoms with Gasteiger partial charge in [0, 0.05) is 57.6 Å². The fourth-order valence-electron chi connectivity index (χ4n) is 3.54. The van der Waals surface area contributed by atoms with Crippen LogP contribution in [-0.4, -0.2) is 72.1 Å². The zero-order chi connectivity index (χ0) is 14.5. The average molecular weight is 292 g/mol. The zero-order valence-corrected chi connectivity index (χ0v) is 13.2. The molecular weight excluding hydrogens is 264 g/mol. The van der Waals surface area contributed by atoms with E-state index >= 15 is 0 Å². The lowest BCUT2D eigenvalue weighted by atomic mass is 10.1. The molecule has 0 spiro atoms. The van der Waals surface area contributed by atoms with E-state index in [1.165, 1.54) is 38.3 Å². The Morgan fingerprint density at radius 2 is 2.10 bits per heavy atom. The Kier molecular flexibility index (Phi) is 5.27. The third-order valence-electron chi connectivity index (χ3n) is 4.78. The van der Waals surface area contributed by atoms with Gasteiger partial charge in [0.1, 0.15) is 0 Å². The van der Waals surface area contributed by atoms with Crippen molar-refractivity contribution in [3.05, 3.63) is 18.0 Å². The number of aryl methyl sites for hydroxylation is 1. The van der Waals surface area contributed by atoms with Crippen molar-refractivity contribution in [2.75, 3.05) is 52.5 Å². The quantitative estimate of drug-likeness (QED) is 0.786. The van der Waals surface area contributed by atoms with Gasteiger partial charge in [-0.25, -0.2) is 0 Å². The van der Waals surface area contributed by atoms with Gasteiger partial charge in [0.25, 0.3) is 0 Å². The van der Waals surface area contributed by atoms with E-state index < -0.39 is 0 Å². The fourth-order valence-corrected chi connectivity index (χ4v) is 3.54. The van der Waals surface area contributed by atoms with Crippen LogP contribution in [0.25, 0.3) is 0 Å². The van der Waals surface area contributed by atoms with Crippen molar-refractivity contribution >= 4 is 0 Å². The van der Waals surface area contributed by atoms with Crippen molar-refractivity contribution in [3.8, 4) is 0 Å². The Balaban J connectivity index is 1.40. The van der Waals surface area contributed by atoms with E-state index in [-0.39, 0.29) is 0 Å². The van der Waals surface area contributed by atoms with Crippen LogP contribution in [0.4, 0.5) is 0 Å². The molecule has 0 saturated carbocycles. The van der Waals surface area contributed by atoms with Crippen molar-refractivity contribution in [2.24, 2.45) is 5.92 Å². The van der Waals surface area contributed by atoms with Crippen LogP contribution in [0.3, 0.4) is 0 Å². The Hall–Kier alpha value is -0.910. The van der Waals surface area contributed by atoms with Crippen LogP contribution in [-0.2, 0) is 17.7 Å². The molecule has 118 valence electrons. The average Bonchev–Trinajstić information content (AvgIpc) is 3.15. The zero-order valence-electron chi connectivity index (χ0n) is 13.2. The van der Waals surface area contributed by atoms with Gasteiger partial charge in [-0.15, -0.1) is 0 Å². The molecule has 3 heterocycles. The summed E-state index contributed by atoms with van der Waals surface area (Å²) in [6, 6.07) is 2.16. The Labute approximate surface area is 127 Å². The molecule has 0 radical (unpaired) electrons. The van der Waals surface area contributed by atoms with Gasteiger partial charge in [-0.05, 0) is 31.9 Å². The number of ether oxygens (including phenoxy) is 1. The molecule has 0 amide bonds. The SMILES string of the molecule is CCn1nccc1CCN1CC[C@H](CN2CCOCC2)C1. The standard InChI is InChI=1S/C16H28N4O/c1-2-20-16(3-6-17-20)5-8-18-7-4-15(13-18)14-19-9-11-21-12-10-19/h3,6,15H,2,4-5,7-14H2,1H3/t15-/m0/s1. The van der Waals surface area contributed by atoms with Gasteiger partial charge in [-0.2, -0.15) is 5.10 Å². The minimum Gasteiger partial charge on any atom is -0.379 e. The molecule has 5 nitrogen and oxygen atoms in total. The highest BCUT2D eigenvalue weighted by atomic mass is 16.5. The summed E-state index contributed by atoms with van der Waals surface area (Å²) in [7, 11) is 0. The van der Waals surface area contributed by atoms with E-state index in [9.17, 15) is 0 Å². The van der Waals surface area contributed by atoms with Crippen LogP contribution < -0.4 is 0 Å². The summed E-state index contributed by atoms with van der Waals surface area (Å²) < 4.78 is 7.54. The van der Waals surface area contributed by atoms with Crippen LogP contribution in [0.5, 0.6) is 0 Å². The Bertz CT molecular complexity index is 428. The lowest BCUT2D eigenvalue weighted by molar-refractivity contribution is 0.0312. The largest absolute Gasteiger partial charge is 0.379 e. The second-order valence-electron chi connectivity index (χ2n) is 6.26. The monoisotopic (exact) mass is 292 g/mol. The van der Waals surface area contributed by atoms with Crippen molar-refractivity contribution in [1.82, 2.24) is 19.6 Å². The van der Waals surface area contributed by atoms with Gasteiger partial charge < -0.3 is 9.64 Å². The molecule has 3 rings (SSSR count). The number of morpholine rings is 1. The van der Waals surface area contributed by atoms with Crippen LogP contribution >= 0.6 is 0 Å². The second kappa shape index (κ2) is 7.38. The number of hydrogen-bond donors (Lipinski definition) is 0. The molecule has 1 aromatic heterocycles. The molecular formula is C16H28N4O. The summed E-state index contributed by atoms with van der Waals surface area (Å²) >= 11 is 0. The first-order valence-corrected chi connectivity index (χ1v) is 8.38. The molecule has 1 aromatic rings. The first kappa shape index (κ1) is 15.0. The number of nitrogens with zero attached hydrogens (tertiary/aromatic N) is 4. The predicted octanol–water partition coefficient (Wildman–Crippen LogP) is 1.10. The van der Waals surface area contributed by atoms with Gasteiger partial charge in [0.05, 0.1) is 13.2 Å². The third-order valence-corrected chi connectivity index (χ3v) is 4.78. The molecule has 1 atom stereocenters. The number of likely N-dealkylation sites (tertiary alicyclic amines) is 1. The normalized spacial score (nSPS) is 24.7. The molecule has 2 aliphatic rings. The highest BCUT2D eigenvalue weighted by Crippen LogP contribution is 2.18. The van der Waals surface area contributed by atoms with Gasteiger partial charge in [-0.1, -0.05) is 0 Å². The minimum atomic E-state index is 0.846. The molecule has 0 bridgehead atoms. The highest BCUT2D eigenvalue weighted by Gasteiger charge is 2.25. The molecule has 2 aliphatic heterocycles. The van der Waals surface area contributed by atoms with Gasteiger partial charge in [0.15, 0.2) is 0 Å². The van der Waals surface area contributed by atoms with Gasteiger partial charge in [0.2, 0.25) is 0 Å². The van der Waals surface area contributed by atoms with E-state index in [0.717, 1.165) is 45.2 Å². The molecule has 21 heavy (non-hydrogen) atoms. The highest BCUT2D eigenvalue weighted by molar-refractivity contribution is 5.01. The van der Waals surface area contributed by atoms with Crippen molar-refractivity contribution in [2.45, 2.75) is 26.3 Å². The predicted molar refractivity (Wildman–Crippen MR) is 83.4 cm³/mol. The molecule has 0 aromatic carbocycles. The minimum absolute atomic E-state index is 0.846. The molecule has 5 heteroatoms. The van der Waals surface area contributed by atoms with E-state index in [1.807, 2.05) is 6.20 Å². The van der Waals surface area contributed by atoms with Crippen molar-refractivity contribution in [3.63, 3.8) is 0 Å². The molecule has 2 fully saturated rings. The second-order valence-corrected chi connectivity index (χ2v) is 6.26. The van der Waals surface area contributed by atoms with Crippen molar-refractivity contribution < 1.29 is 4.74 Å². The number of rotatable bonds is 6. The van der Waals surface area contributed by atoms with Gasteiger partial charge in [-0.3, -0.25) is 9.58 Å². The number of aromatic nitrogens is 2. The summed E-state index contributed by atoms with van der Waals surface area (Å²) in [5, 5.41) is 4.35. The Morgan fingerprint density at radius 1 is 1.24 bits per heavy atom. The summed E-state index contributed by atoms with van der Waals surface area (Å²) in [6.45, 7) is 12.1. The summed E-state index contributed by atoms with van der Waals surface area (Å²) in [5.41, 5.74) is 1.37. The van der Waals surface area contributed by atoms with Crippen LogP contribution in [0, 0.1) is 5.92 Å². The first-order chi connectivity index (χ1) is 10.3. The van der Waals surface area contributed by atoms with E-state index in [1.54, 1.807) is 0 Å².